The molecule has 3 unspecified atom stereocenters. The maximum Gasteiger partial charge on any atom is 0.490 e. The number of hydrogen-bond donors (Lipinski definition) is 4. The molecule has 0 bridgehead atoms. The molecule has 1 rings (SSSR count). The van der Waals surface area contributed by atoms with Crippen molar-refractivity contribution in [3.63, 3.8) is 0 Å². The lowest BCUT2D eigenvalue weighted by Gasteiger charge is -2.17. The fourth-order valence-electron chi connectivity index (χ4n) is 1.48. The number of halogens is 1. The third-order valence-electron chi connectivity index (χ3n) is 2.24. The average molecular weight is 374 g/mol. The summed E-state index contributed by atoms with van der Waals surface area (Å²) in [7, 11) is -16.1. The van der Waals surface area contributed by atoms with Gasteiger partial charge in [-0.2, -0.15) is 8.62 Å². The third-order valence-corrected chi connectivity index (χ3v) is 6.05. The lowest BCUT2D eigenvalue weighted by atomic mass is 10.2. The van der Waals surface area contributed by atoms with E-state index in [0.717, 1.165) is 0 Å². The van der Waals surface area contributed by atoms with E-state index in [0.29, 0.717) is 0 Å². The van der Waals surface area contributed by atoms with Crippen LogP contribution >= 0.6 is 23.5 Å². The molecular formula is C6H14FO11P3. The normalized spacial score (nSPS) is 32.6. The molecule has 1 fully saturated rings. The molecule has 126 valence electrons. The molecule has 1 aliphatic heterocycles. The fraction of sp³-hybridized carbons (Fsp3) is 1.00. The van der Waals surface area contributed by atoms with Gasteiger partial charge in [0.15, 0.2) is 0 Å². The number of hydrogen-bond acceptors (Lipinski definition) is 7. The topological polar surface area (TPSA) is 169 Å². The van der Waals surface area contributed by atoms with Crippen LogP contribution in [0.1, 0.15) is 13.3 Å². The van der Waals surface area contributed by atoms with E-state index in [2.05, 4.69) is 13.1 Å². The Morgan fingerprint density at radius 3 is 2.14 bits per heavy atom. The van der Waals surface area contributed by atoms with Gasteiger partial charge in [-0.15, -0.1) is 0 Å². The highest BCUT2D eigenvalue weighted by atomic mass is 31.3. The Hall–Kier alpha value is 0.300. The molecule has 0 spiro atoms. The number of phosphoric acid groups is 3. The van der Waals surface area contributed by atoms with E-state index in [4.69, 9.17) is 24.3 Å². The van der Waals surface area contributed by atoms with Crippen molar-refractivity contribution >= 4 is 23.5 Å². The van der Waals surface area contributed by atoms with E-state index in [1.54, 1.807) is 0 Å². The van der Waals surface area contributed by atoms with Crippen LogP contribution < -0.4 is 0 Å². The molecule has 4 N–H and O–H groups in total. The molecule has 1 saturated heterocycles. The van der Waals surface area contributed by atoms with Crippen molar-refractivity contribution in [2.75, 3.05) is 6.61 Å². The molecule has 21 heavy (non-hydrogen) atoms. The SMILES string of the molecule is C[C@@H]1OC(COP(=O)(O)OP(=O)(O)OP(=O)(O)O)C[C@@H]1F. The molecular weight excluding hydrogens is 360 g/mol. The van der Waals surface area contributed by atoms with Crippen molar-refractivity contribution in [1.82, 2.24) is 0 Å². The lowest BCUT2D eigenvalue weighted by molar-refractivity contribution is 0.0102. The third kappa shape index (κ3) is 7.40. The van der Waals surface area contributed by atoms with Crippen molar-refractivity contribution in [3.8, 4) is 0 Å². The summed E-state index contributed by atoms with van der Waals surface area (Å²) in [4.78, 5) is 34.6. The minimum atomic E-state index is -5.54. The van der Waals surface area contributed by atoms with Crippen LogP contribution in [0.25, 0.3) is 0 Å². The summed E-state index contributed by atoms with van der Waals surface area (Å²) >= 11 is 0. The van der Waals surface area contributed by atoms with E-state index in [1.165, 1.54) is 6.92 Å². The molecule has 0 radical (unpaired) electrons. The first-order valence-corrected chi connectivity index (χ1v) is 9.90. The highest BCUT2D eigenvalue weighted by Gasteiger charge is 2.41. The zero-order chi connectivity index (χ0) is 16.5. The van der Waals surface area contributed by atoms with E-state index < -0.39 is 48.5 Å². The van der Waals surface area contributed by atoms with E-state index in [-0.39, 0.29) is 6.42 Å². The second-order valence-corrected chi connectivity index (χ2v) is 8.52. The quantitative estimate of drug-likeness (QED) is 0.466. The second-order valence-electron chi connectivity index (χ2n) is 4.10. The summed E-state index contributed by atoms with van der Waals surface area (Å²) in [6, 6.07) is 0. The highest BCUT2D eigenvalue weighted by Crippen LogP contribution is 2.66. The predicted octanol–water partition coefficient (Wildman–Crippen LogP) is 0.845. The van der Waals surface area contributed by atoms with Gasteiger partial charge in [-0.1, -0.05) is 0 Å². The molecule has 5 atom stereocenters. The van der Waals surface area contributed by atoms with E-state index in [1.807, 2.05) is 0 Å². The first kappa shape index (κ1) is 19.3. The minimum absolute atomic E-state index is 0.114. The standard InChI is InChI=1S/C6H14FO11P3/c1-4-6(7)2-5(16-4)3-15-20(11,12)18-21(13,14)17-19(8,9)10/h4-6H,2-3H2,1H3,(H,11,12)(H,13,14)(H2,8,9,10)/t4-,5?,6-/m0/s1. The monoisotopic (exact) mass is 374 g/mol. The van der Waals surface area contributed by atoms with Crippen molar-refractivity contribution in [3.05, 3.63) is 0 Å². The molecule has 15 heteroatoms. The van der Waals surface area contributed by atoms with Gasteiger partial charge in [-0.05, 0) is 6.92 Å². The Morgan fingerprint density at radius 2 is 1.71 bits per heavy atom. The summed E-state index contributed by atoms with van der Waals surface area (Å²) in [5.41, 5.74) is 0. The van der Waals surface area contributed by atoms with Gasteiger partial charge < -0.3 is 24.3 Å². The largest absolute Gasteiger partial charge is 0.490 e. The van der Waals surface area contributed by atoms with Gasteiger partial charge in [-0.3, -0.25) is 4.52 Å². The summed E-state index contributed by atoms with van der Waals surface area (Å²) in [5, 5.41) is 0. The van der Waals surface area contributed by atoms with E-state index in [9.17, 15) is 18.1 Å². The van der Waals surface area contributed by atoms with Gasteiger partial charge in [-0.25, -0.2) is 18.1 Å². The molecule has 0 amide bonds. The Kier molecular flexibility index (Phi) is 6.28. The maximum absolute atomic E-state index is 13.1. The summed E-state index contributed by atoms with van der Waals surface area (Å²) in [6.45, 7) is 0.809. The van der Waals surface area contributed by atoms with Gasteiger partial charge in [0, 0.05) is 6.42 Å². The summed E-state index contributed by atoms with van der Waals surface area (Å²) in [5.74, 6) is 0. The van der Waals surface area contributed by atoms with Crippen molar-refractivity contribution in [2.45, 2.75) is 31.7 Å². The van der Waals surface area contributed by atoms with Gasteiger partial charge >= 0.3 is 23.5 Å². The molecule has 0 saturated carbocycles. The van der Waals surface area contributed by atoms with Gasteiger partial charge in [0.25, 0.3) is 0 Å². The first-order chi connectivity index (χ1) is 9.30. The van der Waals surface area contributed by atoms with Crippen LogP contribution in [-0.4, -0.2) is 44.6 Å². The predicted molar refractivity (Wildman–Crippen MR) is 63.7 cm³/mol. The number of ether oxygens (including phenoxy) is 1. The van der Waals surface area contributed by atoms with Crippen LogP contribution in [0.3, 0.4) is 0 Å². The average Bonchev–Trinajstić information content (AvgIpc) is 2.50. The van der Waals surface area contributed by atoms with Crippen LogP contribution in [0.5, 0.6) is 0 Å². The number of phosphoric ester groups is 1. The zero-order valence-corrected chi connectivity index (χ0v) is 13.2. The molecule has 0 aliphatic carbocycles. The van der Waals surface area contributed by atoms with Crippen LogP contribution in [0.15, 0.2) is 0 Å². The minimum Gasteiger partial charge on any atom is -0.370 e. The summed E-state index contributed by atoms with van der Waals surface area (Å²) in [6.07, 6.45) is -3.02. The van der Waals surface area contributed by atoms with Crippen LogP contribution in [0, 0.1) is 0 Å². The molecule has 0 aromatic carbocycles. The Labute approximate surface area is 118 Å². The van der Waals surface area contributed by atoms with Crippen molar-refractivity contribution in [2.24, 2.45) is 0 Å². The van der Waals surface area contributed by atoms with Gasteiger partial charge in [0.2, 0.25) is 0 Å². The zero-order valence-electron chi connectivity index (χ0n) is 10.5. The van der Waals surface area contributed by atoms with Crippen molar-refractivity contribution < 1.29 is 55.5 Å². The Bertz CT molecular complexity index is 494. The lowest BCUT2D eigenvalue weighted by Crippen LogP contribution is -2.15. The van der Waals surface area contributed by atoms with Crippen molar-refractivity contribution in [1.29, 1.82) is 0 Å². The molecule has 1 aliphatic rings. The second kappa shape index (κ2) is 6.82. The first-order valence-electron chi connectivity index (χ1n) is 5.37. The van der Waals surface area contributed by atoms with E-state index >= 15 is 0 Å². The van der Waals surface area contributed by atoms with Gasteiger partial charge in [0.1, 0.15) is 6.17 Å². The number of alkyl halides is 1. The molecule has 11 nitrogen and oxygen atoms in total. The fourth-order valence-corrected chi connectivity index (χ4v) is 4.52. The Morgan fingerprint density at radius 1 is 1.14 bits per heavy atom. The van der Waals surface area contributed by atoms with Gasteiger partial charge in [0.05, 0.1) is 18.8 Å². The molecule has 0 aromatic rings. The van der Waals surface area contributed by atoms with Crippen LogP contribution in [0.2, 0.25) is 0 Å². The highest BCUT2D eigenvalue weighted by molar-refractivity contribution is 7.66. The van der Waals surface area contributed by atoms with Crippen LogP contribution in [-0.2, 0) is 31.6 Å². The molecule has 1 heterocycles. The number of rotatable bonds is 7. The summed E-state index contributed by atoms with van der Waals surface area (Å²) < 4.78 is 62.1. The smallest absolute Gasteiger partial charge is 0.370 e. The maximum atomic E-state index is 13.1. The molecule has 0 aromatic heterocycles. The van der Waals surface area contributed by atoms with Crippen LogP contribution in [0.4, 0.5) is 4.39 Å². The Balaban J connectivity index is 2.52.